The maximum Gasteiger partial charge on any atom is -0.0226 e. The summed E-state index contributed by atoms with van der Waals surface area (Å²) >= 11 is 0. The molecule has 19 heavy (non-hydrogen) atoms. The molecule has 1 atom stereocenters. The standard InChI is InChI=1S/C12H11P.C4H11P.H3N/c1-3-7-11(8-4-1)13-12-9-5-2-6-10-12;1-2-3-4-5;/h1-10,13H;2-5H2,1H3;1H3. The van der Waals surface area contributed by atoms with Crippen LogP contribution in [0.2, 0.25) is 0 Å². The second kappa shape index (κ2) is 12.3. The first-order chi connectivity index (χ1) is 8.86. The summed E-state index contributed by atoms with van der Waals surface area (Å²) in [6.45, 7) is 2.20. The molecule has 1 unspecified atom stereocenters. The molecule has 2 aromatic rings. The molecule has 1 nitrogen and oxygen atoms in total. The largest absolute Gasteiger partial charge is 0.344 e. The summed E-state index contributed by atoms with van der Waals surface area (Å²) in [6, 6.07) is 21.2. The SMILES string of the molecule is CCCCP.N.c1ccc(Pc2ccccc2)cc1. The maximum absolute atomic E-state index is 2.70. The molecule has 0 amide bonds. The van der Waals surface area contributed by atoms with Gasteiger partial charge in [0.15, 0.2) is 0 Å². The highest BCUT2D eigenvalue weighted by molar-refractivity contribution is 7.55. The summed E-state index contributed by atoms with van der Waals surface area (Å²) in [5, 5.41) is 2.79. The van der Waals surface area contributed by atoms with E-state index in [1.165, 1.54) is 29.6 Å². The maximum atomic E-state index is 2.70. The van der Waals surface area contributed by atoms with E-state index in [-0.39, 0.29) is 6.15 Å². The first-order valence-corrected chi connectivity index (χ1v) is 8.25. The Hall–Kier alpha value is -0.740. The normalized spacial score (nSPS) is 8.95. The summed E-state index contributed by atoms with van der Waals surface area (Å²) in [6.07, 6.45) is 3.94. The highest BCUT2D eigenvalue weighted by Gasteiger charge is 1.92. The zero-order chi connectivity index (χ0) is 13.1. The molecule has 2 aromatic carbocycles. The van der Waals surface area contributed by atoms with Crippen molar-refractivity contribution in [1.29, 1.82) is 0 Å². The van der Waals surface area contributed by atoms with Crippen LogP contribution >= 0.6 is 17.8 Å². The fourth-order valence-corrected chi connectivity index (χ4v) is 2.87. The average molecular weight is 293 g/mol. The topological polar surface area (TPSA) is 35.0 Å². The van der Waals surface area contributed by atoms with Crippen molar-refractivity contribution in [2.75, 3.05) is 6.16 Å². The highest BCUT2D eigenvalue weighted by atomic mass is 31.1. The molecule has 0 bridgehead atoms. The number of rotatable bonds is 4. The Morgan fingerprint density at radius 3 is 1.53 bits per heavy atom. The van der Waals surface area contributed by atoms with Crippen molar-refractivity contribution in [2.24, 2.45) is 0 Å². The van der Waals surface area contributed by atoms with E-state index < -0.39 is 0 Å². The van der Waals surface area contributed by atoms with E-state index in [2.05, 4.69) is 76.8 Å². The molecule has 0 aromatic heterocycles. The summed E-state index contributed by atoms with van der Waals surface area (Å²) in [4.78, 5) is 0. The Morgan fingerprint density at radius 1 is 0.842 bits per heavy atom. The van der Waals surface area contributed by atoms with Gasteiger partial charge in [-0.05, 0) is 16.8 Å². The molecule has 0 saturated heterocycles. The molecule has 3 heteroatoms. The van der Waals surface area contributed by atoms with Gasteiger partial charge in [0.1, 0.15) is 0 Å². The molecule has 2 rings (SSSR count). The van der Waals surface area contributed by atoms with Gasteiger partial charge < -0.3 is 6.15 Å². The minimum Gasteiger partial charge on any atom is -0.344 e. The zero-order valence-electron chi connectivity index (χ0n) is 11.7. The first-order valence-electron chi connectivity index (χ1n) is 6.44. The van der Waals surface area contributed by atoms with Crippen LogP contribution < -0.4 is 16.8 Å². The lowest BCUT2D eigenvalue weighted by atomic mass is 10.4. The Bertz CT molecular complexity index is 364. The molecule has 0 heterocycles. The highest BCUT2D eigenvalue weighted by Crippen LogP contribution is 2.08. The monoisotopic (exact) mass is 293 g/mol. The van der Waals surface area contributed by atoms with Crippen LogP contribution in [0, 0.1) is 0 Å². The van der Waals surface area contributed by atoms with E-state index in [0.717, 1.165) is 8.58 Å². The van der Waals surface area contributed by atoms with E-state index in [1.807, 2.05) is 0 Å². The molecule has 0 aliphatic carbocycles. The van der Waals surface area contributed by atoms with Crippen molar-refractivity contribution in [3.05, 3.63) is 60.7 Å². The Balaban J connectivity index is 0.000000471. The summed E-state index contributed by atoms with van der Waals surface area (Å²) in [7, 11) is 3.48. The number of benzene rings is 2. The van der Waals surface area contributed by atoms with E-state index >= 15 is 0 Å². The van der Waals surface area contributed by atoms with Crippen molar-refractivity contribution < 1.29 is 0 Å². The summed E-state index contributed by atoms with van der Waals surface area (Å²) in [5.74, 6) is 0. The van der Waals surface area contributed by atoms with Crippen LogP contribution in [-0.4, -0.2) is 6.16 Å². The van der Waals surface area contributed by atoms with Crippen LogP contribution in [0.1, 0.15) is 19.8 Å². The van der Waals surface area contributed by atoms with Crippen LogP contribution in [0.15, 0.2) is 60.7 Å². The quantitative estimate of drug-likeness (QED) is 0.845. The van der Waals surface area contributed by atoms with Gasteiger partial charge in [0.05, 0.1) is 0 Å². The van der Waals surface area contributed by atoms with Crippen LogP contribution in [0.25, 0.3) is 0 Å². The van der Waals surface area contributed by atoms with Crippen molar-refractivity contribution in [3.63, 3.8) is 0 Å². The predicted octanol–water partition coefficient (Wildman–Crippen LogP) is 4.14. The Kier molecular flexibility index (Phi) is 11.8. The second-order valence-corrected chi connectivity index (χ2v) is 5.98. The van der Waals surface area contributed by atoms with Crippen LogP contribution in [0.3, 0.4) is 0 Å². The van der Waals surface area contributed by atoms with Crippen molar-refractivity contribution in [2.45, 2.75) is 19.8 Å². The lowest BCUT2D eigenvalue weighted by Gasteiger charge is -2.00. The molecule has 0 aliphatic heterocycles. The van der Waals surface area contributed by atoms with Gasteiger partial charge in [-0.2, -0.15) is 0 Å². The first kappa shape index (κ1) is 18.3. The lowest BCUT2D eigenvalue weighted by Crippen LogP contribution is -2.01. The molecule has 0 spiro atoms. The van der Waals surface area contributed by atoms with Gasteiger partial charge in [-0.3, -0.25) is 0 Å². The lowest BCUT2D eigenvalue weighted by molar-refractivity contribution is 0.897. The van der Waals surface area contributed by atoms with E-state index in [1.54, 1.807) is 0 Å². The van der Waals surface area contributed by atoms with Crippen molar-refractivity contribution in [3.8, 4) is 0 Å². The van der Waals surface area contributed by atoms with Crippen LogP contribution in [0.5, 0.6) is 0 Å². The smallest absolute Gasteiger partial charge is 0.0226 e. The van der Waals surface area contributed by atoms with Crippen molar-refractivity contribution in [1.82, 2.24) is 6.15 Å². The molecule has 0 aliphatic rings. The Morgan fingerprint density at radius 2 is 1.26 bits per heavy atom. The molecular weight excluding hydrogens is 268 g/mol. The molecule has 3 N–H and O–H groups in total. The third kappa shape index (κ3) is 8.89. The molecule has 104 valence electrons. The zero-order valence-corrected chi connectivity index (χ0v) is 13.8. The summed E-state index contributed by atoms with van der Waals surface area (Å²) < 4.78 is 0. The fourth-order valence-electron chi connectivity index (χ4n) is 1.41. The van der Waals surface area contributed by atoms with Gasteiger partial charge in [0, 0.05) is 0 Å². The van der Waals surface area contributed by atoms with Crippen molar-refractivity contribution >= 4 is 28.4 Å². The van der Waals surface area contributed by atoms with Gasteiger partial charge in [-0.1, -0.05) is 89.0 Å². The number of hydrogen-bond acceptors (Lipinski definition) is 1. The van der Waals surface area contributed by atoms with Gasteiger partial charge in [-0.25, -0.2) is 0 Å². The predicted molar refractivity (Wildman–Crippen MR) is 95.0 cm³/mol. The van der Waals surface area contributed by atoms with Gasteiger partial charge in [0.25, 0.3) is 0 Å². The van der Waals surface area contributed by atoms with Crippen LogP contribution in [0.4, 0.5) is 0 Å². The molecule has 0 saturated carbocycles. The molecule has 0 fully saturated rings. The third-order valence-corrected chi connectivity index (χ3v) is 4.05. The van der Waals surface area contributed by atoms with E-state index in [0.29, 0.717) is 0 Å². The van der Waals surface area contributed by atoms with Gasteiger partial charge in [-0.15, -0.1) is 9.24 Å². The minimum atomic E-state index is 0. The molecular formula is C16H25NP2. The van der Waals surface area contributed by atoms with Gasteiger partial charge >= 0.3 is 0 Å². The molecule has 0 radical (unpaired) electrons. The Labute approximate surface area is 121 Å². The van der Waals surface area contributed by atoms with Crippen LogP contribution in [-0.2, 0) is 0 Å². The number of unbranched alkanes of at least 4 members (excludes halogenated alkanes) is 1. The van der Waals surface area contributed by atoms with Gasteiger partial charge in [0.2, 0.25) is 0 Å². The fraction of sp³-hybridized carbons (Fsp3) is 0.250. The number of hydrogen-bond donors (Lipinski definition) is 1. The average Bonchev–Trinajstić information content (AvgIpc) is 2.43. The summed E-state index contributed by atoms with van der Waals surface area (Å²) in [5.41, 5.74) is 0. The third-order valence-electron chi connectivity index (χ3n) is 2.39. The van der Waals surface area contributed by atoms with E-state index in [9.17, 15) is 0 Å². The second-order valence-electron chi connectivity index (χ2n) is 4.00. The minimum absolute atomic E-state index is 0. The van der Waals surface area contributed by atoms with E-state index in [4.69, 9.17) is 0 Å².